The molecule has 0 bridgehead atoms. The van der Waals surface area contributed by atoms with Crippen molar-refractivity contribution in [3.63, 3.8) is 0 Å². The molecule has 0 unspecified atom stereocenters. The first kappa shape index (κ1) is 26.0. The lowest BCUT2D eigenvalue weighted by molar-refractivity contribution is -0.141. The van der Waals surface area contributed by atoms with E-state index in [2.05, 4.69) is 5.32 Å². The summed E-state index contributed by atoms with van der Waals surface area (Å²) in [6.07, 6.45) is 5.00. The molecule has 0 spiro atoms. The van der Waals surface area contributed by atoms with E-state index in [4.69, 9.17) is 14.2 Å². The van der Waals surface area contributed by atoms with Gasteiger partial charge in [0.05, 0.1) is 20.6 Å². The molecular formula is C26H36N2O5S. The maximum Gasteiger partial charge on any atom is 0.247 e. The molecule has 0 radical (unpaired) electrons. The minimum absolute atomic E-state index is 0.101. The Hall–Kier alpha value is -2.58. The molecular weight excluding hydrogens is 452 g/mol. The molecule has 1 aliphatic rings. The van der Waals surface area contributed by atoms with Crippen LogP contribution in [0.2, 0.25) is 0 Å². The van der Waals surface area contributed by atoms with Crippen molar-refractivity contribution in [1.29, 1.82) is 0 Å². The number of nitrogens with zero attached hydrogens (tertiary/aromatic N) is 1. The van der Waals surface area contributed by atoms with Gasteiger partial charge in [0.25, 0.3) is 0 Å². The Morgan fingerprint density at radius 2 is 1.97 bits per heavy atom. The van der Waals surface area contributed by atoms with E-state index in [1.54, 1.807) is 37.3 Å². The van der Waals surface area contributed by atoms with Gasteiger partial charge in [-0.25, -0.2) is 0 Å². The molecule has 0 saturated heterocycles. The molecule has 2 amide bonds. The predicted octanol–water partition coefficient (Wildman–Crippen LogP) is 4.36. The Morgan fingerprint density at radius 3 is 2.62 bits per heavy atom. The molecule has 1 fully saturated rings. The fourth-order valence-electron chi connectivity index (χ4n) is 4.40. The number of hydrogen-bond donors (Lipinski definition) is 1. The van der Waals surface area contributed by atoms with Crippen LogP contribution in [0, 0.1) is 0 Å². The second kappa shape index (κ2) is 13.3. The van der Waals surface area contributed by atoms with Crippen molar-refractivity contribution in [2.24, 2.45) is 0 Å². The summed E-state index contributed by atoms with van der Waals surface area (Å²) in [5, 5.41) is 5.16. The Labute approximate surface area is 206 Å². The Bertz CT molecular complexity index is 912. The second-order valence-corrected chi connectivity index (χ2v) is 9.43. The molecule has 3 rings (SSSR count). The third-order valence-electron chi connectivity index (χ3n) is 6.11. The van der Waals surface area contributed by atoms with Crippen molar-refractivity contribution in [1.82, 2.24) is 10.2 Å². The molecule has 1 aromatic heterocycles. The van der Waals surface area contributed by atoms with Gasteiger partial charge >= 0.3 is 0 Å². The summed E-state index contributed by atoms with van der Waals surface area (Å²) in [7, 11) is 3.16. The summed E-state index contributed by atoms with van der Waals surface area (Å²) in [4.78, 5) is 30.0. The molecule has 1 N–H and O–H groups in total. The lowest BCUT2D eigenvalue weighted by Gasteiger charge is -2.33. The second-order valence-electron chi connectivity index (χ2n) is 8.39. The Balaban J connectivity index is 1.98. The highest BCUT2D eigenvalue weighted by atomic mass is 32.1. The zero-order chi connectivity index (χ0) is 24.3. The smallest absolute Gasteiger partial charge is 0.247 e. The maximum atomic E-state index is 13.8. The van der Waals surface area contributed by atoms with Gasteiger partial charge in [0.1, 0.15) is 17.5 Å². The van der Waals surface area contributed by atoms with Crippen molar-refractivity contribution < 1.29 is 23.8 Å². The van der Waals surface area contributed by atoms with Gasteiger partial charge in [-0.2, -0.15) is 0 Å². The van der Waals surface area contributed by atoms with Crippen LogP contribution in [0.4, 0.5) is 0 Å². The summed E-state index contributed by atoms with van der Waals surface area (Å²) in [5.74, 6) is 0.866. The van der Waals surface area contributed by atoms with Crippen molar-refractivity contribution >= 4 is 23.2 Å². The van der Waals surface area contributed by atoms with Crippen LogP contribution in [0.3, 0.4) is 0 Å². The minimum atomic E-state index is -0.834. The van der Waals surface area contributed by atoms with Crippen molar-refractivity contribution in [2.45, 2.75) is 57.5 Å². The van der Waals surface area contributed by atoms with E-state index in [-0.39, 0.29) is 24.3 Å². The molecule has 2 aromatic rings. The number of thiophene rings is 1. The predicted molar refractivity (Wildman–Crippen MR) is 134 cm³/mol. The molecule has 186 valence electrons. The van der Waals surface area contributed by atoms with E-state index in [1.807, 2.05) is 24.4 Å². The summed E-state index contributed by atoms with van der Waals surface area (Å²) < 4.78 is 16.6. The molecule has 1 heterocycles. The van der Waals surface area contributed by atoms with Crippen LogP contribution in [0.25, 0.3) is 0 Å². The third kappa shape index (κ3) is 6.96. The zero-order valence-electron chi connectivity index (χ0n) is 20.4. The van der Waals surface area contributed by atoms with E-state index in [9.17, 15) is 9.59 Å². The number of rotatable bonds is 13. The topological polar surface area (TPSA) is 77.1 Å². The van der Waals surface area contributed by atoms with Gasteiger partial charge in [-0.05, 0) is 55.8 Å². The van der Waals surface area contributed by atoms with E-state index in [0.29, 0.717) is 43.2 Å². The summed E-state index contributed by atoms with van der Waals surface area (Å²) in [5.41, 5.74) is 0.619. The van der Waals surface area contributed by atoms with Crippen LogP contribution < -0.4 is 14.8 Å². The Kier molecular flexibility index (Phi) is 10.2. The van der Waals surface area contributed by atoms with Crippen molar-refractivity contribution in [3.05, 3.63) is 46.2 Å². The molecule has 8 heteroatoms. The van der Waals surface area contributed by atoms with Gasteiger partial charge in [-0.1, -0.05) is 18.9 Å². The number of carbonyl (C=O) groups is 2. The number of carbonyl (C=O) groups excluding carboxylic acids is 2. The van der Waals surface area contributed by atoms with Crippen molar-refractivity contribution in [2.75, 3.05) is 34.0 Å². The minimum Gasteiger partial charge on any atom is -0.497 e. The fourth-order valence-corrected chi connectivity index (χ4v) is 5.09. The third-order valence-corrected chi connectivity index (χ3v) is 6.99. The van der Waals surface area contributed by atoms with Gasteiger partial charge in [0, 0.05) is 36.2 Å². The van der Waals surface area contributed by atoms with Crippen molar-refractivity contribution in [3.8, 4) is 11.5 Å². The number of nitrogens with one attached hydrogen (secondary N) is 1. The van der Waals surface area contributed by atoms with Gasteiger partial charge in [-0.15, -0.1) is 11.3 Å². The fraction of sp³-hybridized carbons (Fsp3) is 0.538. The largest absolute Gasteiger partial charge is 0.497 e. The first-order valence-corrected chi connectivity index (χ1v) is 12.9. The number of ether oxygens (including phenoxy) is 3. The molecule has 1 saturated carbocycles. The number of benzene rings is 1. The SMILES string of the molecule is CCOCCCN(C(=O)Cc1cccs1)[C@@H](C(=O)NC1CCCC1)c1cc(OC)ccc1OC. The monoisotopic (exact) mass is 488 g/mol. The lowest BCUT2D eigenvalue weighted by atomic mass is 10.0. The maximum absolute atomic E-state index is 13.8. The Morgan fingerprint density at radius 1 is 1.18 bits per heavy atom. The van der Waals surface area contributed by atoms with Gasteiger partial charge in [0.15, 0.2) is 0 Å². The summed E-state index contributed by atoms with van der Waals surface area (Å²) in [6, 6.07) is 8.55. The lowest BCUT2D eigenvalue weighted by Crippen LogP contribution is -2.47. The van der Waals surface area contributed by atoms with Crippen LogP contribution in [0.1, 0.15) is 55.5 Å². The molecule has 1 aliphatic carbocycles. The standard InChI is InChI=1S/C26H36N2O5S/c1-4-33-15-8-14-28(24(29)18-21-11-7-16-34-21)25(26(30)27-19-9-5-6-10-19)22-17-20(31-2)12-13-23(22)32-3/h7,11-13,16-17,19,25H,4-6,8-10,14-15,18H2,1-3H3,(H,27,30)/t25-/m1/s1. The summed E-state index contributed by atoms with van der Waals surface area (Å²) >= 11 is 1.54. The summed E-state index contributed by atoms with van der Waals surface area (Å²) in [6.45, 7) is 3.47. The first-order valence-electron chi connectivity index (χ1n) is 12.0. The highest BCUT2D eigenvalue weighted by Crippen LogP contribution is 2.34. The molecule has 1 aromatic carbocycles. The molecule has 0 aliphatic heterocycles. The average Bonchev–Trinajstić information content (AvgIpc) is 3.55. The van der Waals surface area contributed by atoms with E-state index < -0.39 is 6.04 Å². The number of methoxy groups -OCH3 is 2. The van der Waals surface area contributed by atoms with E-state index >= 15 is 0 Å². The highest BCUT2D eigenvalue weighted by Gasteiger charge is 2.35. The number of amides is 2. The average molecular weight is 489 g/mol. The molecule has 1 atom stereocenters. The van der Waals surface area contributed by atoms with Gasteiger partial charge < -0.3 is 24.4 Å². The van der Waals surface area contributed by atoms with Crippen LogP contribution >= 0.6 is 11.3 Å². The number of hydrogen-bond acceptors (Lipinski definition) is 6. The molecule has 34 heavy (non-hydrogen) atoms. The van der Waals surface area contributed by atoms with Gasteiger partial charge in [-0.3, -0.25) is 9.59 Å². The molecule has 7 nitrogen and oxygen atoms in total. The van der Waals surface area contributed by atoms with Gasteiger partial charge in [0.2, 0.25) is 11.8 Å². The van der Waals surface area contributed by atoms with Crippen LogP contribution in [0.15, 0.2) is 35.7 Å². The zero-order valence-corrected chi connectivity index (χ0v) is 21.2. The highest BCUT2D eigenvalue weighted by molar-refractivity contribution is 7.10. The normalized spacial score (nSPS) is 14.6. The first-order chi connectivity index (χ1) is 16.6. The van der Waals surface area contributed by atoms with Crippen LogP contribution in [-0.2, 0) is 20.7 Å². The van der Waals surface area contributed by atoms with Crippen LogP contribution in [0.5, 0.6) is 11.5 Å². The quantitative estimate of drug-likeness (QED) is 0.424. The van der Waals surface area contributed by atoms with E-state index in [1.165, 1.54) is 11.3 Å². The van der Waals surface area contributed by atoms with Crippen LogP contribution in [-0.4, -0.2) is 56.7 Å². The van der Waals surface area contributed by atoms with E-state index in [0.717, 1.165) is 30.6 Å².